The third-order valence-corrected chi connectivity index (χ3v) is 3.02. The number of rotatable bonds is 2. The molecule has 1 heterocycles. The highest BCUT2D eigenvalue weighted by molar-refractivity contribution is 5.74. The minimum absolute atomic E-state index is 0.226. The van der Waals surface area contributed by atoms with Crippen LogP contribution in [0.15, 0.2) is 18.2 Å². The van der Waals surface area contributed by atoms with Crippen molar-refractivity contribution in [3.8, 4) is 5.75 Å². The lowest BCUT2D eigenvalue weighted by atomic mass is 10.1. The number of para-hydroxylation sites is 1. The monoisotopic (exact) mass is 236 g/mol. The van der Waals surface area contributed by atoms with Gasteiger partial charge in [0.25, 0.3) is 0 Å². The molecule has 0 aromatic heterocycles. The maximum absolute atomic E-state index is 6.11. The summed E-state index contributed by atoms with van der Waals surface area (Å²) < 4.78 is 11.0. The van der Waals surface area contributed by atoms with E-state index < -0.39 is 0 Å². The van der Waals surface area contributed by atoms with Crippen molar-refractivity contribution in [1.82, 2.24) is 0 Å². The zero-order chi connectivity index (χ0) is 12.4. The van der Waals surface area contributed by atoms with Crippen LogP contribution in [0.25, 0.3) is 0 Å². The third-order valence-electron chi connectivity index (χ3n) is 3.02. The molecular formula is C13H20N2O2. The number of ether oxygens (including phenoxy) is 2. The summed E-state index contributed by atoms with van der Waals surface area (Å²) in [7, 11) is 1.64. The minimum atomic E-state index is 0.226. The predicted octanol–water partition coefficient (Wildman–Crippen LogP) is 1.89. The van der Waals surface area contributed by atoms with Crippen molar-refractivity contribution in [2.24, 2.45) is 0 Å². The molecule has 1 aromatic carbocycles. The van der Waals surface area contributed by atoms with Crippen LogP contribution in [0, 0.1) is 0 Å². The maximum Gasteiger partial charge on any atom is 0.143 e. The van der Waals surface area contributed by atoms with Gasteiger partial charge in [0.15, 0.2) is 0 Å². The van der Waals surface area contributed by atoms with Crippen molar-refractivity contribution < 1.29 is 9.47 Å². The van der Waals surface area contributed by atoms with Gasteiger partial charge in [-0.25, -0.2) is 0 Å². The number of benzene rings is 1. The number of anilines is 2. The summed E-state index contributed by atoms with van der Waals surface area (Å²) in [6, 6.07) is 5.88. The molecule has 94 valence electrons. The molecule has 1 aliphatic heterocycles. The van der Waals surface area contributed by atoms with Crippen LogP contribution in [-0.2, 0) is 4.74 Å². The Balaban J connectivity index is 2.27. The lowest BCUT2D eigenvalue weighted by Gasteiger charge is -2.37. The van der Waals surface area contributed by atoms with Crippen molar-refractivity contribution in [3.63, 3.8) is 0 Å². The summed E-state index contributed by atoms with van der Waals surface area (Å²) in [5.41, 5.74) is 7.85. The topological polar surface area (TPSA) is 47.7 Å². The molecule has 4 heteroatoms. The molecule has 0 unspecified atom stereocenters. The quantitative estimate of drug-likeness (QED) is 0.797. The SMILES string of the molecule is COc1cccc(N2C[C@@H](C)O[C@@H](C)C2)c1N. The predicted molar refractivity (Wildman–Crippen MR) is 69.6 cm³/mol. The van der Waals surface area contributed by atoms with Gasteiger partial charge < -0.3 is 20.1 Å². The van der Waals surface area contributed by atoms with Gasteiger partial charge in [-0.3, -0.25) is 0 Å². The van der Waals surface area contributed by atoms with Gasteiger partial charge in [-0.1, -0.05) is 6.07 Å². The Morgan fingerprint density at radius 2 is 1.94 bits per heavy atom. The van der Waals surface area contributed by atoms with Gasteiger partial charge in [0.2, 0.25) is 0 Å². The lowest BCUT2D eigenvalue weighted by molar-refractivity contribution is -0.00518. The molecule has 2 rings (SSSR count). The van der Waals surface area contributed by atoms with Gasteiger partial charge in [-0.05, 0) is 26.0 Å². The van der Waals surface area contributed by atoms with Crippen LogP contribution in [-0.4, -0.2) is 32.4 Å². The van der Waals surface area contributed by atoms with E-state index in [2.05, 4.69) is 18.7 Å². The fraction of sp³-hybridized carbons (Fsp3) is 0.538. The number of nitrogen functional groups attached to an aromatic ring is 1. The standard InChI is InChI=1S/C13H20N2O2/c1-9-7-15(8-10(2)17-9)11-5-4-6-12(16-3)13(11)14/h4-6,9-10H,7-8,14H2,1-3H3/t9-,10+. The van der Waals surface area contributed by atoms with Crippen molar-refractivity contribution in [2.45, 2.75) is 26.1 Å². The van der Waals surface area contributed by atoms with Crippen LogP contribution < -0.4 is 15.4 Å². The first-order valence-electron chi connectivity index (χ1n) is 5.94. The molecule has 0 amide bonds. The zero-order valence-corrected chi connectivity index (χ0v) is 10.6. The van der Waals surface area contributed by atoms with Crippen LogP contribution in [0.4, 0.5) is 11.4 Å². The van der Waals surface area contributed by atoms with E-state index in [1.54, 1.807) is 7.11 Å². The smallest absolute Gasteiger partial charge is 0.143 e. The Labute approximate surface area is 102 Å². The van der Waals surface area contributed by atoms with E-state index in [0.717, 1.165) is 24.5 Å². The molecular weight excluding hydrogens is 216 g/mol. The molecule has 1 aliphatic rings. The van der Waals surface area contributed by atoms with Gasteiger partial charge in [-0.15, -0.1) is 0 Å². The molecule has 4 nitrogen and oxygen atoms in total. The van der Waals surface area contributed by atoms with Gasteiger partial charge in [0, 0.05) is 13.1 Å². The maximum atomic E-state index is 6.11. The van der Waals surface area contributed by atoms with Crippen molar-refractivity contribution in [2.75, 3.05) is 30.8 Å². The zero-order valence-electron chi connectivity index (χ0n) is 10.6. The summed E-state index contributed by atoms with van der Waals surface area (Å²) in [5.74, 6) is 0.731. The van der Waals surface area contributed by atoms with E-state index >= 15 is 0 Å². The molecule has 2 atom stereocenters. The second-order valence-corrected chi connectivity index (χ2v) is 4.56. The Bertz CT molecular complexity index is 385. The second-order valence-electron chi connectivity index (χ2n) is 4.56. The molecule has 17 heavy (non-hydrogen) atoms. The van der Waals surface area contributed by atoms with Crippen LogP contribution in [0.1, 0.15) is 13.8 Å². The Morgan fingerprint density at radius 3 is 2.53 bits per heavy atom. The summed E-state index contributed by atoms with van der Waals surface area (Å²) in [6.45, 7) is 5.89. The van der Waals surface area contributed by atoms with Gasteiger partial charge in [0.1, 0.15) is 5.75 Å². The number of nitrogens with two attached hydrogens (primary N) is 1. The molecule has 0 aliphatic carbocycles. The fourth-order valence-electron chi connectivity index (χ4n) is 2.36. The molecule has 2 N–H and O–H groups in total. The number of nitrogens with zero attached hydrogens (tertiary/aromatic N) is 1. The highest BCUT2D eigenvalue weighted by Gasteiger charge is 2.24. The van der Waals surface area contributed by atoms with Crippen LogP contribution in [0.3, 0.4) is 0 Å². The van der Waals surface area contributed by atoms with Gasteiger partial charge >= 0.3 is 0 Å². The number of hydrogen-bond acceptors (Lipinski definition) is 4. The number of methoxy groups -OCH3 is 1. The van der Waals surface area contributed by atoms with E-state index in [4.69, 9.17) is 15.2 Å². The highest BCUT2D eigenvalue weighted by atomic mass is 16.5. The molecule has 1 fully saturated rings. The van der Waals surface area contributed by atoms with Crippen molar-refractivity contribution in [1.29, 1.82) is 0 Å². The fourth-order valence-corrected chi connectivity index (χ4v) is 2.36. The summed E-state index contributed by atoms with van der Waals surface area (Å²) in [5, 5.41) is 0. The van der Waals surface area contributed by atoms with E-state index in [0.29, 0.717) is 5.69 Å². The first-order chi connectivity index (χ1) is 8.11. The van der Waals surface area contributed by atoms with E-state index in [-0.39, 0.29) is 12.2 Å². The third kappa shape index (κ3) is 2.47. The van der Waals surface area contributed by atoms with Gasteiger partial charge in [0.05, 0.1) is 30.7 Å². The Morgan fingerprint density at radius 1 is 1.29 bits per heavy atom. The average molecular weight is 236 g/mol. The average Bonchev–Trinajstić information content (AvgIpc) is 2.28. The summed E-state index contributed by atoms with van der Waals surface area (Å²) in [4.78, 5) is 2.26. The van der Waals surface area contributed by atoms with Gasteiger partial charge in [-0.2, -0.15) is 0 Å². The Hall–Kier alpha value is -1.42. The first kappa shape index (κ1) is 12.0. The molecule has 1 saturated heterocycles. The lowest BCUT2D eigenvalue weighted by Crippen LogP contribution is -2.45. The van der Waals surface area contributed by atoms with Crippen LogP contribution in [0.2, 0.25) is 0 Å². The molecule has 0 bridgehead atoms. The number of hydrogen-bond donors (Lipinski definition) is 1. The molecule has 1 aromatic rings. The molecule has 0 spiro atoms. The van der Waals surface area contributed by atoms with Crippen molar-refractivity contribution in [3.05, 3.63) is 18.2 Å². The van der Waals surface area contributed by atoms with Crippen LogP contribution in [0.5, 0.6) is 5.75 Å². The van der Waals surface area contributed by atoms with E-state index in [1.165, 1.54) is 0 Å². The summed E-state index contributed by atoms with van der Waals surface area (Å²) >= 11 is 0. The second kappa shape index (κ2) is 4.84. The molecule has 0 saturated carbocycles. The Kier molecular flexibility index (Phi) is 3.43. The minimum Gasteiger partial charge on any atom is -0.495 e. The normalized spacial score (nSPS) is 24.8. The largest absolute Gasteiger partial charge is 0.495 e. The van der Waals surface area contributed by atoms with Crippen molar-refractivity contribution >= 4 is 11.4 Å². The molecule has 0 radical (unpaired) electrons. The van der Waals surface area contributed by atoms with Crippen LogP contribution >= 0.6 is 0 Å². The van der Waals surface area contributed by atoms with E-state index in [1.807, 2.05) is 18.2 Å². The first-order valence-corrected chi connectivity index (χ1v) is 5.94. The van der Waals surface area contributed by atoms with E-state index in [9.17, 15) is 0 Å². The number of morpholine rings is 1. The highest BCUT2D eigenvalue weighted by Crippen LogP contribution is 2.33. The summed E-state index contributed by atoms with van der Waals surface area (Å²) in [6.07, 6.45) is 0.453.